The zero-order chi connectivity index (χ0) is 16.0. The number of rotatable bonds is 8. The first-order valence-corrected chi connectivity index (χ1v) is 7.84. The summed E-state index contributed by atoms with van der Waals surface area (Å²) in [4.78, 5) is 21.0. The number of aliphatic carboxylic acids is 1. The van der Waals surface area contributed by atoms with E-state index >= 15 is 0 Å². The third-order valence-corrected chi connectivity index (χ3v) is 4.22. The predicted molar refractivity (Wildman–Crippen MR) is 75.1 cm³/mol. The quantitative estimate of drug-likeness (QED) is 0.546. The Morgan fingerprint density at radius 1 is 1.43 bits per heavy atom. The minimum Gasteiger partial charge on any atom is -0.481 e. The van der Waals surface area contributed by atoms with Crippen LogP contribution in [-0.4, -0.2) is 31.0 Å². The van der Waals surface area contributed by atoms with Gasteiger partial charge >= 0.3 is 5.97 Å². The van der Waals surface area contributed by atoms with Gasteiger partial charge in [0.25, 0.3) is 5.69 Å². The summed E-state index contributed by atoms with van der Waals surface area (Å²) >= 11 is 0. The number of benzene rings is 1. The van der Waals surface area contributed by atoms with Crippen molar-refractivity contribution in [1.29, 1.82) is 0 Å². The van der Waals surface area contributed by atoms with Gasteiger partial charge in [-0.05, 0) is 6.42 Å². The summed E-state index contributed by atoms with van der Waals surface area (Å²) in [7, 11) is -3.85. The first-order valence-electron chi connectivity index (χ1n) is 6.19. The van der Waals surface area contributed by atoms with Crippen LogP contribution in [0.25, 0.3) is 0 Å². The average molecular weight is 316 g/mol. The van der Waals surface area contributed by atoms with E-state index in [1.807, 2.05) is 0 Å². The molecule has 0 aliphatic carbocycles. The summed E-state index contributed by atoms with van der Waals surface area (Å²) in [5.74, 6) is -2.49. The molecule has 0 bridgehead atoms. The Bertz CT molecular complexity index is 628. The number of nitrogens with one attached hydrogen (secondary N) is 1. The van der Waals surface area contributed by atoms with Crippen molar-refractivity contribution < 1.29 is 23.2 Å². The molecule has 0 radical (unpaired) electrons. The number of nitrogens with zero attached hydrogens (tertiary/aromatic N) is 1. The maximum atomic E-state index is 11.9. The molecule has 0 spiro atoms. The van der Waals surface area contributed by atoms with Crippen LogP contribution in [0.15, 0.2) is 24.3 Å². The van der Waals surface area contributed by atoms with E-state index in [4.69, 9.17) is 5.11 Å². The normalized spacial score (nSPS) is 12.8. The first-order chi connectivity index (χ1) is 9.76. The lowest BCUT2D eigenvalue weighted by molar-refractivity contribution is -0.385. The molecule has 0 fully saturated rings. The first kappa shape index (κ1) is 17.1. The van der Waals surface area contributed by atoms with E-state index in [2.05, 4.69) is 4.72 Å². The Morgan fingerprint density at radius 2 is 2.05 bits per heavy atom. The SMILES string of the molecule is CCC(CNS(=O)(=O)Cc1ccccc1[N+](=O)[O-])C(=O)O. The van der Waals surface area contributed by atoms with Crippen LogP contribution in [0.2, 0.25) is 0 Å². The second-order valence-electron chi connectivity index (χ2n) is 4.44. The van der Waals surface area contributed by atoms with Gasteiger partial charge in [-0.15, -0.1) is 0 Å². The van der Waals surface area contributed by atoms with Crippen molar-refractivity contribution in [1.82, 2.24) is 4.72 Å². The number of hydrogen-bond donors (Lipinski definition) is 2. The van der Waals surface area contributed by atoms with Crippen molar-refractivity contribution in [3.63, 3.8) is 0 Å². The van der Waals surface area contributed by atoms with Crippen LogP contribution in [-0.2, 0) is 20.6 Å². The number of para-hydroxylation sites is 1. The van der Waals surface area contributed by atoms with E-state index in [-0.39, 0.29) is 24.2 Å². The molecule has 0 amide bonds. The number of nitro benzene ring substituents is 1. The van der Waals surface area contributed by atoms with Gasteiger partial charge in [0.1, 0.15) is 0 Å². The molecule has 0 aliphatic rings. The van der Waals surface area contributed by atoms with Gasteiger partial charge in [-0.3, -0.25) is 14.9 Å². The second kappa shape index (κ2) is 7.14. The lowest BCUT2D eigenvalue weighted by Crippen LogP contribution is -2.33. The minimum atomic E-state index is -3.85. The molecule has 1 aromatic carbocycles. The third-order valence-electron chi connectivity index (χ3n) is 2.93. The summed E-state index contributed by atoms with van der Waals surface area (Å²) in [6, 6.07) is 5.52. The molecular weight excluding hydrogens is 300 g/mol. The highest BCUT2D eigenvalue weighted by Crippen LogP contribution is 2.19. The Labute approximate surface area is 122 Å². The van der Waals surface area contributed by atoms with E-state index in [0.717, 1.165) is 0 Å². The molecule has 0 heterocycles. The highest BCUT2D eigenvalue weighted by molar-refractivity contribution is 7.88. The lowest BCUT2D eigenvalue weighted by Gasteiger charge is -2.11. The summed E-state index contributed by atoms with van der Waals surface area (Å²) in [5.41, 5.74) is -0.230. The topological polar surface area (TPSA) is 127 Å². The van der Waals surface area contributed by atoms with Crippen molar-refractivity contribution in [2.75, 3.05) is 6.54 Å². The number of carboxylic acid groups (broad SMARTS) is 1. The molecule has 1 rings (SSSR count). The van der Waals surface area contributed by atoms with E-state index in [1.54, 1.807) is 6.92 Å². The summed E-state index contributed by atoms with van der Waals surface area (Å²) in [5, 5.41) is 19.7. The van der Waals surface area contributed by atoms with E-state index in [0.29, 0.717) is 0 Å². The van der Waals surface area contributed by atoms with Crippen LogP contribution < -0.4 is 4.72 Å². The lowest BCUT2D eigenvalue weighted by atomic mass is 10.1. The number of hydrogen-bond acceptors (Lipinski definition) is 5. The fourth-order valence-electron chi connectivity index (χ4n) is 1.70. The molecule has 0 aliphatic heterocycles. The molecule has 8 nitrogen and oxygen atoms in total. The van der Waals surface area contributed by atoms with Crippen LogP contribution >= 0.6 is 0 Å². The Balaban J connectivity index is 2.82. The second-order valence-corrected chi connectivity index (χ2v) is 6.24. The van der Waals surface area contributed by atoms with Crippen LogP contribution in [0.5, 0.6) is 0 Å². The molecule has 1 atom stereocenters. The molecule has 2 N–H and O–H groups in total. The molecular formula is C12H16N2O6S. The van der Waals surface area contributed by atoms with Gasteiger partial charge in [0.15, 0.2) is 0 Å². The van der Waals surface area contributed by atoms with Gasteiger partial charge in [0, 0.05) is 18.2 Å². The van der Waals surface area contributed by atoms with Crippen molar-refractivity contribution in [2.24, 2.45) is 5.92 Å². The standard InChI is InChI=1S/C12H16N2O6S/c1-2-9(12(15)16)7-13-21(19,20)8-10-5-3-4-6-11(10)14(17)18/h3-6,9,13H,2,7-8H2,1H3,(H,15,16). The van der Waals surface area contributed by atoms with Crippen LogP contribution in [0.1, 0.15) is 18.9 Å². The monoisotopic (exact) mass is 316 g/mol. The molecule has 1 unspecified atom stereocenters. The van der Waals surface area contributed by atoms with Crippen LogP contribution in [0.4, 0.5) is 5.69 Å². The largest absolute Gasteiger partial charge is 0.481 e. The molecule has 116 valence electrons. The van der Waals surface area contributed by atoms with Crippen molar-refractivity contribution in [3.8, 4) is 0 Å². The fourth-order valence-corrected chi connectivity index (χ4v) is 2.91. The highest BCUT2D eigenvalue weighted by Gasteiger charge is 2.22. The molecule has 21 heavy (non-hydrogen) atoms. The van der Waals surface area contributed by atoms with Gasteiger partial charge in [0.2, 0.25) is 10.0 Å². The minimum absolute atomic E-state index is 0.0540. The molecule has 0 saturated heterocycles. The van der Waals surface area contributed by atoms with E-state index in [1.165, 1.54) is 24.3 Å². The number of carboxylic acids is 1. The maximum absolute atomic E-state index is 11.9. The predicted octanol–water partition coefficient (Wildman–Crippen LogP) is 1.12. The summed E-state index contributed by atoms with van der Waals surface area (Å²) in [6.45, 7) is 1.39. The smallest absolute Gasteiger partial charge is 0.307 e. The van der Waals surface area contributed by atoms with Crippen molar-refractivity contribution in [3.05, 3.63) is 39.9 Å². The summed E-state index contributed by atoms with van der Waals surface area (Å²) in [6.07, 6.45) is 0.281. The third kappa shape index (κ3) is 5.12. The Hall–Kier alpha value is -2.00. The van der Waals surface area contributed by atoms with Gasteiger partial charge in [-0.1, -0.05) is 25.1 Å². The van der Waals surface area contributed by atoms with Crippen LogP contribution in [0.3, 0.4) is 0 Å². The van der Waals surface area contributed by atoms with Crippen molar-refractivity contribution >= 4 is 21.7 Å². The average Bonchev–Trinajstić information content (AvgIpc) is 2.38. The van der Waals surface area contributed by atoms with Gasteiger partial charge < -0.3 is 5.11 Å². The molecule has 0 saturated carbocycles. The van der Waals surface area contributed by atoms with Gasteiger partial charge in [0.05, 0.1) is 16.6 Å². The maximum Gasteiger partial charge on any atom is 0.307 e. The summed E-state index contributed by atoms with van der Waals surface area (Å²) < 4.78 is 26.0. The number of carbonyl (C=O) groups is 1. The van der Waals surface area contributed by atoms with E-state index in [9.17, 15) is 23.3 Å². The molecule has 0 aromatic heterocycles. The molecule has 1 aromatic rings. The zero-order valence-electron chi connectivity index (χ0n) is 11.4. The number of nitro groups is 1. The highest BCUT2D eigenvalue weighted by atomic mass is 32.2. The fraction of sp³-hybridized carbons (Fsp3) is 0.417. The Kier molecular flexibility index (Phi) is 5.79. The van der Waals surface area contributed by atoms with Gasteiger partial charge in [-0.25, -0.2) is 13.1 Å². The Morgan fingerprint density at radius 3 is 2.57 bits per heavy atom. The van der Waals surface area contributed by atoms with Crippen molar-refractivity contribution in [2.45, 2.75) is 19.1 Å². The van der Waals surface area contributed by atoms with E-state index < -0.39 is 32.6 Å². The molecule has 9 heteroatoms. The number of sulfonamides is 1. The van der Waals surface area contributed by atoms with Gasteiger partial charge in [-0.2, -0.15) is 0 Å². The van der Waals surface area contributed by atoms with Crippen LogP contribution in [0, 0.1) is 16.0 Å². The zero-order valence-corrected chi connectivity index (χ0v) is 12.2.